The van der Waals surface area contributed by atoms with Crippen LogP contribution in [0.5, 0.6) is 5.75 Å². The Bertz CT molecular complexity index is 1320. The Hall–Kier alpha value is -1.72. The molecule has 1 aromatic carbocycles. The zero-order chi connectivity index (χ0) is 35.4. The number of benzene rings is 1. The third kappa shape index (κ3) is 9.68. The molecule has 5 atom stereocenters. The molecule has 0 aliphatic rings. The number of hydrogen-bond donors (Lipinski definition) is 0. The van der Waals surface area contributed by atoms with Gasteiger partial charge in [0, 0.05) is 41.9 Å². The highest BCUT2D eigenvalue weighted by molar-refractivity contribution is 6.74. The Labute approximate surface area is 283 Å². The fourth-order valence-electron chi connectivity index (χ4n) is 5.49. The molecule has 0 aliphatic heterocycles. The molecule has 0 saturated carbocycles. The predicted molar refractivity (Wildman–Crippen MR) is 197 cm³/mol. The van der Waals surface area contributed by atoms with E-state index in [1.807, 2.05) is 32.9 Å². The molecule has 0 N–H and O–H groups in total. The molecule has 0 saturated heterocycles. The third-order valence-corrected chi connectivity index (χ3v) is 19.9. The molecule has 46 heavy (non-hydrogen) atoms. The van der Waals surface area contributed by atoms with Crippen LogP contribution < -0.4 is 10.2 Å². The highest BCUT2D eigenvalue weighted by Gasteiger charge is 2.45. The summed E-state index contributed by atoms with van der Waals surface area (Å²) in [5, 5.41) is 0.108. The molecule has 0 aliphatic carbocycles. The van der Waals surface area contributed by atoms with Crippen LogP contribution in [0.4, 0.5) is 0 Å². The molecule has 262 valence electrons. The summed E-state index contributed by atoms with van der Waals surface area (Å²) >= 11 is 0. The quantitative estimate of drug-likeness (QED) is 0.175. The summed E-state index contributed by atoms with van der Waals surface area (Å²) in [7, 11) is -2.56. The van der Waals surface area contributed by atoms with E-state index in [4.69, 9.17) is 22.7 Å². The standard InChI is InChI=1S/C38H66O6Si2/c1-18-32-26(3)33(39)27(4)35(43-32)29(6)36(44-46(16,17)38(10,11)12)28(5)34(25(2)23-42-45(14,15)37(7,8)9)41-24-30-19-21-31(40-13)22-20-30/h19-22,25,28-29,34,36H,18,23-24H2,1-17H3/t25-,28-,29-,34-,36+/m0/s1. The predicted octanol–water partition coefficient (Wildman–Crippen LogP) is 10.2. The second-order valence-corrected chi connectivity index (χ2v) is 26.1. The monoisotopic (exact) mass is 674 g/mol. The number of hydrogen-bond acceptors (Lipinski definition) is 6. The first-order chi connectivity index (χ1) is 21.0. The maximum absolute atomic E-state index is 13.4. The van der Waals surface area contributed by atoms with Gasteiger partial charge in [0.2, 0.25) is 0 Å². The van der Waals surface area contributed by atoms with Crippen LogP contribution in [0, 0.1) is 25.7 Å². The summed E-state index contributed by atoms with van der Waals surface area (Å²) in [6.07, 6.45) is 0.248. The minimum atomic E-state index is -2.26. The summed E-state index contributed by atoms with van der Waals surface area (Å²) in [5.41, 5.74) is 2.51. The van der Waals surface area contributed by atoms with E-state index in [1.54, 1.807) is 7.11 Å². The van der Waals surface area contributed by atoms with E-state index in [9.17, 15) is 4.79 Å². The van der Waals surface area contributed by atoms with Gasteiger partial charge in [-0.2, -0.15) is 0 Å². The van der Waals surface area contributed by atoms with Gasteiger partial charge in [0.1, 0.15) is 17.3 Å². The van der Waals surface area contributed by atoms with E-state index in [2.05, 4.69) is 101 Å². The van der Waals surface area contributed by atoms with E-state index in [1.165, 1.54) is 0 Å². The fraction of sp³-hybridized carbons (Fsp3) is 0.711. The van der Waals surface area contributed by atoms with Crippen LogP contribution in [-0.4, -0.2) is 42.6 Å². The fourth-order valence-corrected chi connectivity index (χ4v) is 8.06. The minimum absolute atomic E-state index is 0.00106. The van der Waals surface area contributed by atoms with Gasteiger partial charge >= 0.3 is 0 Å². The first-order valence-corrected chi connectivity index (χ1v) is 23.0. The Morgan fingerprint density at radius 3 is 1.85 bits per heavy atom. The molecule has 2 rings (SSSR count). The van der Waals surface area contributed by atoms with E-state index >= 15 is 0 Å². The van der Waals surface area contributed by atoms with Crippen LogP contribution in [0.1, 0.15) is 103 Å². The summed E-state index contributed by atoms with van der Waals surface area (Å²) in [6, 6.07) is 8.06. The Balaban J connectivity index is 2.64. The first-order valence-electron chi connectivity index (χ1n) is 17.2. The third-order valence-electron chi connectivity index (χ3n) is 10.9. The Kier molecular flexibility index (Phi) is 13.8. The lowest BCUT2D eigenvalue weighted by molar-refractivity contribution is -0.0755. The normalized spacial score (nSPS) is 16.5. The van der Waals surface area contributed by atoms with Gasteiger partial charge in [0.15, 0.2) is 22.1 Å². The Morgan fingerprint density at radius 2 is 1.37 bits per heavy atom. The molecular weight excluding hydrogens is 609 g/mol. The average Bonchev–Trinajstić information content (AvgIpc) is 2.96. The van der Waals surface area contributed by atoms with Gasteiger partial charge in [0.05, 0.1) is 25.9 Å². The molecule has 8 heteroatoms. The Morgan fingerprint density at radius 1 is 0.826 bits per heavy atom. The van der Waals surface area contributed by atoms with Crippen LogP contribution in [0.15, 0.2) is 33.5 Å². The van der Waals surface area contributed by atoms with Crippen molar-refractivity contribution >= 4 is 16.6 Å². The number of methoxy groups -OCH3 is 1. The molecule has 0 radical (unpaired) electrons. The van der Waals surface area contributed by atoms with Gasteiger partial charge in [0.25, 0.3) is 0 Å². The van der Waals surface area contributed by atoms with Crippen molar-refractivity contribution in [2.24, 2.45) is 11.8 Å². The molecule has 1 heterocycles. The number of rotatable bonds is 15. The van der Waals surface area contributed by atoms with Crippen molar-refractivity contribution < 1.29 is 22.7 Å². The molecular formula is C38H66O6Si2. The smallest absolute Gasteiger partial charge is 0.192 e. The maximum Gasteiger partial charge on any atom is 0.192 e. The maximum atomic E-state index is 13.4. The lowest BCUT2D eigenvalue weighted by atomic mass is 9.82. The van der Waals surface area contributed by atoms with Crippen LogP contribution in [0.25, 0.3) is 0 Å². The molecule has 0 amide bonds. The summed E-state index contributed by atoms with van der Waals surface area (Å²) < 4.78 is 32.9. The molecule has 6 nitrogen and oxygen atoms in total. The van der Waals surface area contributed by atoms with E-state index in [0.717, 1.165) is 22.8 Å². The van der Waals surface area contributed by atoms with Gasteiger partial charge < -0.3 is 22.7 Å². The molecule has 2 aromatic rings. The van der Waals surface area contributed by atoms with Gasteiger partial charge in [-0.25, -0.2) is 0 Å². The number of ether oxygens (including phenoxy) is 2. The van der Waals surface area contributed by atoms with E-state index in [0.29, 0.717) is 30.8 Å². The van der Waals surface area contributed by atoms with Crippen molar-refractivity contribution in [3.8, 4) is 5.75 Å². The largest absolute Gasteiger partial charge is 0.497 e. The molecule has 1 aromatic heterocycles. The average molecular weight is 675 g/mol. The van der Waals surface area contributed by atoms with E-state index < -0.39 is 16.6 Å². The second-order valence-electron chi connectivity index (χ2n) is 16.5. The zero-order valence-corrected chi connectivity index (χ0v) is 34.3. The highest BCUT2D eigenvalue weighted by atomic mass is 28.4. The summed E-state index contributed by atoms with van der Waals surface area (Å²) in [4.78, 5) is 13.4. The topological polar surface area (TPSA) is 67.1 Å². The van der Waals surface area contributed by atoms with Crippen LogP contribution in [0.3, 0.4) is 0 Å². The second kappa shape index (κ2) is 15.7. The van der Waals surface area contributed by atoms with Crippen LogP contribution >= 0.6 is 0 Å². The molecule has 0 unspecified atom stereocenters. The van der Waals surface area contributed by atoms with Crippen molar-refractivity contribution in [2.45, 2.75) is 151 Å². The first kappa shape index (κ1) is 40.5. The van der Waals surface area contributed by atoms with Gasteiger partial charge in [-0.1, -0.05) is 81.4 Å². The summed E-state index contributed by atoms with van der Waals surface area (Å²) in [5.74, 6) is 2.20. The lowest BCUT2D eigenvalue weighted by Gasteiger charge is -2.45. The van der Waals surface area contributed by atoms with Crippen molar-refractivity contribution in [1.29, 1.82) is 0 Å². The van der Waals surface area contributed by atoms with Crippen molar-refractivity contribution in [3.05, 3.63) is 62.7 Å². The molecule has 0 spiro atoms. The highest BCUT2D eigenvalue weighted by Crippen LogP contribution is 2.43. The molecule has 0 fully saturated rings. The van der Waals surface area contributed by atoms with Gasteiger partial charge in [-0.3, -0.25) is 4.79 Å². The number of aryl methyl sites for hydroxylation is 1. The van der Waals surface area contributed by atoms with Crippen molar-refractivity contribution in [1.82, 2.24) is 0 Å². The van der Waals surface area contributed by atoms with E-state index in [-0.39, 0.29) is 45.5 Å². The SMILES string of the molecule is CCc1oc([C@H](C)[C@H](O[Si](C)(C)C(C)(C)C)[C@@H](C)[C@@H](OCc2ccc(OC)cc2)[C@@H](C)CO[Si](C)(C)C(C)(C)C)c(C)c(=O)c1C. The minimum Gasteiger partial charge on any atom is -0.497 e. The van der Waals surface area contributed by atoms with Crippen LogP contribution in [-0.2, 0) is 26.6 Å². The van der Waals surface area contributed by atoms with Crippen molar-refractivity contribution in [2.75, 3.05) is 13.7 Å². The van der Waals surface area contributed by atoms with Gasteiger partial charge in [-0.05, 0) is 67.8 Å². The van der Waals surface area contributed by atoms with Crippen LogP contribution in [0.2, 0.25) is 36.3 Å². The molecule has 0 bridgehead atoms. The lowest BCUT2D eigenvalue weighted by Crippen LogP contribution is -2.50. The zero-order valence-electron chi connectivity index (χ0n) is 32.3. The summed E-state index contributed by atoms with van der Waals surface area (Å²) in [6.45, 7) is 36.3. The van der Waals surface area contributed by atoms with Gasteiger partial charge in [-0.15, -0.1) is 0 Å². The van der Waals surface area contributed by atoms with Crippen molar-refractivity contribution in [3.63, 3.8) is 0 Å².